The minimum absolute atomic E-state index is 0.373. The van der Waals surface area contributed by atoms with E-state index in [1.807, 2.05) is 0 Å². The Morgan fingerprint density at radius 1 is 0.186 bits per heavy atom. The van der Waals surface area contributed by atoms with Crippen LogP contribution in [0.5, 0.6) is 0 Å². The van der Waals surface area contributed by atoms with E-state index in [9.17, 15) is 0 Å². The van der Waals surface area contributed by atoms with Crippen molar-refractivity contribution in [2.75, 3.05) is 6.61 Å². The molecule has 0 heterocycles. The summed E-state index contributed by atoms with van der Waals surface area (Å²) >= 11 is 0. The molecule has 0 atom stereocenters. The highest BCUT2D eigenvalue weighted by atomic mass is 16.2. The van der Waals surface area contributed by atoms with Crippen LogP contribution < -0.4 is 0 Å². The Hall–Kier alpha value is -0.0400. The molecular formula is C42H88O. The summed E-state index contributed by atoms with van der Waals surface area (Å²) in [5.74, 6) is 0. The normalized spacial score (nSPS) is 11.2. The lowest BCUT2D eigenvalue weighted by molar-refractivity contribution is 0.282. The standard InChI is InChI=1S/C26H54.C16H34O/c1-3-5-7-9-11-13-15-17-19-21-23-25-26-24-22-20-18-16-14-12-10-8-6-4-2;1-2-3-4-5-6-7-8-9-10-11-12-13-14-15-16-17/h3-26H2,1-2H3;17H,2-16H2,1H3. The molecule has 0 bridgehead atoms. The Morgan fingerprint density at radius 3 is 0.419 bits per heavy atom. The number of aliphatic hydroxyl groups excluding tert-OH is 1. The monoisotopic (exact) mass is 609 g/mol. The summed E-state index contributed by atoms with van der Waals surface area (Å²) in [6.07, 6.45) is 54.6. The molecule has 0 aliphatic heterocycles. The number of rotatable bonds is 37. The van der Waals surface area contributed by atoms with Gasteiger partial charge in [0.15, 0.2) is 0 Å². The Bertz CT molecular complexity index is 381. The van der Waals surface area contributed by atoms with E-state index in [0.717, 1.165) is 6.42 Å². The molecule has 0 aliphatic rings. The average Bonchev–Trinajstić information content (AvgIpc) is 3.02. The number of unbranched alkanes of at least 4 members (excludes halogenated alkanes) is 36. The second-order valence-corrected chi connectivity index (χ2v) is 14.1. The van der Waals surface area contributed by atoms with Crippen LogP contribution >= 0.6 is 0 Å². The van der Waals surface area contributed by atoms with Crippen molar-refractivity contribution in [2.45, 2.75) is 265 Å². The van der Waals surface area contributed by atoms with Crippen molar-refractivity contribution in [2.24, 2.45) is 0 Å². The van der Waals surface area contributed by atoms with Gasteiger partial charge in [-0.3, -0.25) is 0 Å². The number of hydrogen-bond acceptors (Lipinski definition) is 1. The average molecular weight is 609 g/mol. The second-order valence-electron chi connectivity index (χ2n) is 14.1. The molecule has 262 valence electrons. The number of aliphatic hydroxyl groups is 1. The first kappa shape index (κ1) is 45.1. The van der Waals surface area contributed by atoms with Crippen LogP contribution in [0.25, 0.3) is 0 Å². The summed E-state index contributed by atoms with van der Waals surface area (Å²) in [6.45, 7) is 7.26. The Balaban J connectivity index is 0. The third-order valence-electron chi connectivity index (χ3n) is 9.47. The van der Waals surface area contributed by atoms with Crippen LogP contribution in [0.3, 0.4) is 0 Å². The van der Waals surface area contributed by atoms with Gasteiger partial charge in [0.1, 0.15) is 0 Å². The molecule has 0 aromatic rings. The quantitative estimate of drug-likeness (QED) is 0.0695. The predicted molar refractivity (Wildman–Crippen MR) is 200 cm³/mol. The fourth-order valence-electron chi connectivity index (χ4n) is 6.34. The molecule has 0 radical (unpaired) electrons. The lowest BCUT2D eigenvalue weighted by atomic mass is 10.0. The van der Waals surface area contributed by atoms with Gasteiger partial charge in [0.2, 0.25) is 0 Å². The molecule has 0 rings (SSSR count). The minimum Gasteiger partial charge on any atom is -0.396 e. The van der Waals surface area contributed by atoms with E-state index in [4.69, 9.17) is 5.11 Å². The molecule has 0 saturated carbocycles. The van der Waals surface area contributed by atoms with Gasteiger partial charge in [-0.15, -0.1) is 0 Å². The van der Waals surface area contributed by atoms with Crippen LogP contribution in [0, 0.1) is 0 Å². The van der Waals surface area contributed by atoms with Crippen LogP contribution in [0.1, 0.15) is 265 Å². The maximum absolute atomic E-state index is 8.64. The van der Waals surface area contributed by atoms with E-state index in [0.29, 0.717) is 6.61 Å². The smallest absolute Gasteiger partial charge is 0.0431 e. The Kier molecular flexibility index (Phi) is 48.6. The van der Waals surface area contributed by atoms with Gasteiger partial charge in [0.05, 0.1) is 0 Å². The lowest BCUT2D eigenvalue weighted by Gasteiger charge is -2.04. The Morgan fingerprint density at radius 2 is 0.302 bits per heavy atom. The van der Waals surface area contributed by atoms with Crippen molar-refractivity contribution >= 4 is 0 Å². The van der Waals surface area contributed by atoms with Gasteiger partial charge in [0, 0.05) is 6.61 Å². The predicted octanol–water partition coefficient (Wildman–Crippen LogP) is 15.8. The van der Waals surface area contributed by atoms with Crippen molar-refractivity contribution in [1.29, 1.82) is 0 Å². The highest BCUT2D eigenvalue weighted by Gasteiger charge is 1.96. The van der Waals surface area contributed by atoms with Crippen molar-refractivity contribution < 1.29 is 5.11 Å². The van der Waals surface area contributed by atoms with E-state index < -0.39 is 0 Å². The second kappa shape index (κ2) is 46.4. The zero-order valence-electron chi connectivity index (χ0n) is 31.0. The van der Waals surface area contributed by atoms with E-state index in [1.165, 1.54) is 238 Å². The lowest BCUT2D eigenvalue weighted by Crippen LogP contribution is -1.84. The SMILES string of the molecule is CCCCCCCCCCCCCCCCCCCCCCCCCC.CCCCCCCCCCCCCCCCO. The van der Waals surface area contributed by atoms with E-state index in [1.54, 1.807) is 0 Å². The van der Waals surface area contributed by atoms with Gasteiger partial charge in [-0.1, -0.05) is 258 Å². The first-order chi connectivity index (χ1) is 21.3. The molecule has 0 amide bonds. The van der Waals surface area contributed by atoms with Gasteiger partial charge < -0.3 is 5.11 Å². The van der Waals surface area contributed by atoms with Crippen molar-refractivity contribution in [3.63, 3.8) is 0 Å². The first-order valence-corrected chi connectivity index (χ1v) is 20.9. The number of hydrogen-bond donors (Lipinski definition) is 1. The van der Waals surface area contributed by atoms with Crippen molar-refractivity contribution in [3.05, 3.63) is 0 Å². The fourth-order valence-corrected chi connectivity index (χ4v) is 6.34. The van der Waals surface area contributed by atoms with Crippen LogP contribution in [-0.4, -0.2) is 11.7 Å². The summed E-state index contributed by atoms with van der Waals surface area (Å²) in [7, 11) is 0. The van der Waals surface area contributed by atoms with Crippen LogP contribution in [0.15, 0.2) is 0 Å². The van der Waals surface area contributed by atoms with Crippen LogP contribution in [0.4, 0.5) is 0 Å². The third kappa shape index (κ3) is 49.0. The molecule has 1 heteroatoms. The topological polar surface area (TPSA) is 20.2 Å². The van der Waals surface area contributed by atoms with E-state index >= 15 is 0 Å². The van der Waals surface area contributed by atoms with Gasteiger partial charge in [-0.2, -0.15) is 0 Å². The maximum atomic E-state index is 8.64. The molecular weight excluding hydrogens is 520 g/mol. The van der Waals surface area contributed by atoms with Gasteiger partial charge in [-0.05, 0) is 6.42 Å². The molecule has 1 N–H and O–H groups in total. The van der Waals surface area contributed by atoms with Gasteiger partial charge in [-0.25, -0.2) is 0 Å². The molecule has 43 heavy (non-hydrogen) atoms. The molecule has 0 aromatic heterocycles. The molecule has 0 saturated heterocycles. The minimum atomic E-state index is 0.373. The Labute approximate surface area is 276 Å². The molecule has 1 nitrogen and oxygen atoms in total. The third-order valence-corrected chi connectivity index (χ3v) is 9.47. The van der Waals surface area contributed by atoms with Crippen LogP contribution in [-0.2, 0) is 0 Å². The summed E-state index contributed by atoms with van der Waals surface area (Å²) in [4.78, 5) is 0. The molecule has 0 fully saturated rings. The molecule has 0 spiro atoms. The maximum Gasteiger partial charge on any atom is 0.0431 e. The van der Waals surface area contributed by atoms with E-state index in [-0.39, 0.29) is 0 Å². The largest absolute Gasteiger partial charge is 0.396 e. The first-order valence-electron chi connectivity index (χ1n) is 20.9. The van der Waals surface area contributed by atoms with E-state index in [2.05, 4.69) is 20.8 Å². The van der Waals surface area contributed by atoms with Gasteiger partial charge >= 0.3 is 0 Å². The highest BCUT2D eigenvalue weighted by Crippen LogP contribution is 2.16. The summed E-state index contributed by atoms with van der Waals surface area (Å²) in [5, 5.41) is 8.64. The zero-order valence-corrected chi connectivity index (χ0v) is 31.0. The summed E-state index contributed by atoms with van der Waals surface area (Å²) in [5.41, 5.74) is 0. The molecule has 0 unspecified atom stereocenters. The van der Waals surface area contributed by atoms with Crippen molar-refractivity contribution in [1.82, 2.24) is 0 Å². The highest BCUT2D eigenvalue weighted by molar-refractivity contribution is 4.52. The van der Waals surface area contributed by atoms with Crippen LogP contribution in [0.2, 0.25) is 0 Å². The summed E-state index contributed by atoms with van der Waals surface area (Å²) < 4.78 is 0. The zero-order chi connectivity index (χ0) is 31.6. The van der Waals surface area contributed by atoms with Crippen molar-refractivity contribution in [3.8, 4) is 0 Å². The van der Waals surface area contributed by atoms with Gasteiger partial charge in [0.25, 0.3) is 0 Å². The fraction of sp³-hybridized carbons (Fsp3) is 1.00. The summed E-state index contributed by atoms with van der Waals surface area (Å²) in [6, 6.07) is 0. The molecule has 0 aromatic carbocycles. The molecule has 0 aliphatic carbocycles.